The highest BCUT2D eigenvalue weighted by molar-refractivity contribution is 5.84. The van der Waals surface area contributed by atoms with Crippen LogP contribution in [0.25, 0.3) is 0 Å². The molecule has 1 saturated heterocycles. The highest BCUT2D eigenvalue weighted by Crippen LogP contribution is 2.30. The lowest BCUT2D eigenvalue weighted by atomic mass is 9.89. The number of hydrogen-bond acceptors (Lipinski definition) is 5. The second-order valence-corrected chi connectivity index (χ2v) is 6.46. The van der Waals surface area contributed by atoms with Gasteiger partial charge in [-0.3, -0.25) is 10.2 Å². The molecule has 1 N–H and O–H groups in total. The van der Waals surface area contributed by atoms with E-state index in [1.807, 2.05) is 12.1 Å². The first-order valence-electron chi connectivity index (χ1n) is 8.59. The number of benzene rings is 1. The molecule has 1 aliphatic heterocycles. The second-order valence-electron chi connectivity index (χ2n) is 6.46. The molecule has 146 valence electrons. The molecule has 1 aromatic carbocycles. The molecule has 0 aliphatic carbocycles. The van der Waals surface area contributed by atoms with Crippen LogP contribution < -0.4 is 5.32 Å². The van der Waals surface area contributed by atoms with Gasteiger partial charge in [-0.15, -0.1) is 0 Å². The molecule has 0 radical (unpaired) electrons. The summed E-state index contributed by atoms with van der Waals surface area (Å²) in [4.78, 5) is 16.9. The zero-order valence-electron chi connectivity index (χ0n) is 14.5. The number of carbonyl (C=O) groups is 1. The zero-order valence-corrected chi connectivity index (χ0v) is 14.5. The minimum atomic E-state index is -4.15. The fourth-order valence-electron chi connectivity index (χ4n) is 3.12. The van der Waals surface area contributed by atoms with Crippen LogP contribution in [0.4, 0.5) is 23.7 Å². The van der Waals surface area contributed by atoms with Crippen LogP contribution in [0.3, 0.4) is 0 Å². The number of nitrogens with zero attached hydrogens (tertiary/aromatic N) is 2. The van der Waals surface area contributed by atoms with Gasteiger partial charge in [-0.05, 0) is 49.5 Å². The number of oxazole rings is 1. The van der Waals surface area contributed by atoms with Crippen molar-refractivity contribution in [1.29, 1.82) is 0 Å². The molecule has 0 spiro atoms. The maximum Gasteiger partial charge on any atom is 0.412 e. The van der Waals surface area contributed by atoms with Gasteiger partial charge in [-0.25, -0.2) is 9.78 Å². The largest absolute Gasteiger partial charge is 0.445 e. The summed E-state index contributed by atoms with van der Waals surface area (Å²) in [5, 5.41) is 2.61. The van der Waals surface area contributed by atoms with Gasteiger partial charge in [0, 0.05) is 5.69 Å². The summed E-state index contributed by atoms with van der Waals surface area (Å²) in [5.41, 5.74) is 1.64. The van der Waals surface area contributed by atoms with Crippen molar-refractivity contribution in [3.05, 3.63) is 48.2 Å². The molecule has 9 heteroatoms. The molecule has 0 unspecified atom stereocenters. The van der Waals surface area contributed by atoms with E-state index in [0.717, 1.165) is 5.56 Å². The third kappa shape index (κ3) is 5.99. The van der Waals surface area contributed by atoms with E-state index in [1.54, 1.807) is 12.1 Å². The average Bonchev–Trinajstić information content (AvgIpc) is 3.14. The SMILES string of the molecule is O=C(Nc1ccc(C2CCN(CC(F)(F)F)CC2)cc1)OCc1cnco1. The van der Waals surface area contributed by atoms with Gasteiger partial charge >= 0.3 is 12.3 Å². The predicted octanol–water partition coefficient (Wildman–Crippen LogP) is 4.17. The van der Waals surface area contributed by atoms with Crippen molar-refractivity contribution in [2.45, 2.75) is 31.5 Å². The molecular weight excluding hydrogens is 363 g/mol. The maximum atomic E-state index is 12.4. The minimum Gasteiger partial charge on any atom is -0.445 e. The van der Waals surface area contributed by atoms with Gasteiger partial charge in [-0.1, -0.05) is 12.1 Å². The molecule has 1 aliphatic rings. The lowest BCUT2D eigenvalue weighted by Crippen LogP contribution is -2.39. The number of hydrogen-bond donors (Lipinski definition) is 1. The highest BCUT2D eigenvalue weighted by Gasteiger charge is 2.32. The number of likely N-dealkylation sites (tertiary alicyclic amines) is 1. The Labute approximate surface area is 154 Å². The number of alkyl halides is 3. The van der Waals surface area contributed by atoms with E-state index < -0.39 is 18.8 Å². The van der Waals surface area contributed by atoms with Gasteiger partial charge in [-0.2, -0.15) is 13.2 Å². The Kier molecular flexibility index (Phi) is 6.00. The molecule has 1 amide bonds. The maximum absolute atomic E-state index is 12.4. The summed E-state index contributed by atoms with van der Waals surface area (Å²) >= 11 is 0. The van der Waals surface area contributed by atoms with Crippen molar-refractivity contribution >= 4 is 11.8 Å². The topological polar surface area (TPSA) is 67.6 Å². The molecule has 0 bridgehead atoms. The Morgan fingerprint density at radius 2 is 1.96 bits per heavy atom. The molecule has 3 rings (SSSR count). The quantitative estimate of drug-likeness (QED) is 0.840. The van der Waals surface area contributed by atoms with E-state index in [9.17, 15) is 18.0 Å². The molecule has 6 nitrogen and oxygen atoms in total. The van der Waals surface area contributed by atoms with Crippen LogP contribution in [0.1, 0.15) is 30.1 Å². The first-order valence-corrected chi connectivity index (χ1v) is 8.59. The van der Waals surface area contributed by atoms with Gasteiger partial charge in [0.05, 0.1) is 12.7 Å². The van der Waals surface area contributed by atoms with Crippen LogP contribution in [0.2, 0.25) is 0 Å². The molecule has 1 aromatic heterocycles. The van der Waals surface area contributed by atoms with E-state index in [2.05, 4.69) is 10.3 Å². The van der Waals surface area contributed by atoms with Crippen molar-refractivity contribution in [3.8, 4) is 0 Å². The number of amides is 1. The summed E-state index contributed by atoms with van der Waals surface area (Å²) in [7, 11) is 0. The number of halogens is 3. The summed E-state index contributed by atoms with van der Waals surface area (Å²) < 4.78 is 47.3. The third-order valence-electron chi connectivity index (χ3n) is 4.45. The Hall–Kier alpha value is -2.55. The van der Waals surface area contributed by atoms with Crippen LogP contribution in [0.5, 0.6) is 0 Å². The van der Waals surface area contributed by atoms with Crippen molar-refractivity contribution < 1.29 is 27.1 Å². The number of rotatable bonds is 5. The molecule has 2 aromatic rings. The van der Waals surface area contributed by atoms with Crippen molar-refractivity contribution in [2.75, 3.05) is 25.0 Å². The van der Waals surface area contributed by atoms with E-state index in [0.29, 0.717) is 37.4 Å². The van der Waals surface area contributed by atoms with Crippen molar-refractivity contribution in [2.24, 2.45) is 0 Å². The Morgan fingerprint density at radius 1 is 1.26 bits per heavy atom. The Balaban J connectivity index is 1.45. The van der Waals surface area contributed by atoms with Crippen LogP contribution in [0.15, 0.2) is 41.3 Å². The Bertz CT molecular complexity index is 725. The normalized spacial score (nSPS) is 16.3. The number of ether oxygens (including phenoxy) is 1. The zero-order chi connectivity index (χ0) is 19.3. The molecule has 1 fully saturated rings. The number of piperidine rings is 1. The minimum absolute atomic E-state index is 0.0135. The first kappa shape index (κ1) is 19.2. The molecule has 27 heavy (non-hydrogen) atoms. The van der Waals surface area contributed by atoms with Gasteiger partial charge in [0.15, 0.2) is 18.8 Å². The summed E-state index contributed by atoms with van der Waals surface area (Å²) in [5.74, 6) is 0.666. The average molecular weight is 383 g/mol. The van der Waals surface area contributed by atoms with E-state index in [4.69, 9.17) is 9.15 Å². The summed E-state index contributed by atoms with van der Waals surface area (Å²) in [6, 6.07) is 7.28. The lowest BCUT2D eigenvalue weighted by molar-refractivity contribution is -0.147. The number of aromatic nitrogens is 1. The van der Waals surface area contributed by atoms with Gasteiger partial charge < -0.3 is 9.15 Å². The van der Waals surface area contributed by atoms with Crippen LogP contribution in [0, 0.1) is 0 Å². The third-order valence-corrected chi connectivity index (χ3v) is 4.45. The van der Waals surface area contributed by atoms with Crippen molar-refractivity contribution in [1.82, 2.24) is 9.88 Å². The molecule has 0 saturated carbocycles. The van der Waals surface area contributed by atoms with E-state index in [1.165, 1.54) is 17.5 Å². The lowest BCUT2D eigenvalue weighted by Gasteiger charge is -2.32. The number of carbonyl (C=O) groups excluding carboxylic acids is 1. The summed E-state index contributed by atoms with van der Waals surface area (Å²) in [6.07, 6.45) is -0.684. The molecule has 0 atom stereocenters. The fourth-order valence-corrected chi connectivity index (χ4v) is 3.12. The van der Waals surface area contributed by atoms with Crippen LogP contribution in [-0.4, -0.2) is 41.8 Å². The van der Waals surface area contributed by atoms with Gasteiger partial charge in [0.25, 0.3) is 0 Å². The van der Waals surface area contributed by atoms with E-state index >= 15 is 0 Å². The number of anilines is 1. The van der Waals surface area contributed by atoms with Crippen LogP contribution in [-0.2, 0) is 11.3 Å². The molecule has 2 heterocycles. The van der Waals surface area contributed by atoms with Gasteiger partial charge in [0.1, 0.15) is 0 Å². The second kappa shape index (κ2) is 8.43. The smallest absolute Gasteiger partial charge is 0.412 e. The van der Waals surface area contributed by atoms with Crippen molar-refractivity contribution in [3.63, 3.8) is 0 Å². The standard InChI is InChI=1S/C18H20F3N3O3/c19-18(20,21)11-24-7-5-14(6-8-24)13-1-3-15(4-2-13)23-17(25)26-10-16-9-22-12-27-16/h1-4,9,12,14H,5-8,10-11H2,(H,23,25). The Morgan fingerprint density at radius 3 is 2.56 bits per heavy atom. The number of nitrogens with one attached hydrogen (secondary N) is 1. The van der Waals surface area contributed by atoms with Gasteiger partial charge in [0.2, 0.25) is 0 Å². The predicted molar refractivity (Wildman–Crippen MR) is 91.2 cm³/mol. The van der Waals surface area contributed by atoms with Crippen LogP contribution >= 0.6 is 0 Å². The highest BCUT2D eigenvalue weighted by atomic mass is 19.4. The van der Waals surface area contributed by atoms with E-state index in [-0.39, 0.29) is 12.5 Å². The fraction of sp³-hybridized carbons (Fsp3) is 0.444. The molecular formula is C18H20F3N3O3. The summed E-state index contributed by atoms with van der Waals surface area (Å²) in [6.45, 7) is -0.00451. The monoisotopic (exact) mass is 383 g/mol. The first-order chi connectivity index (χ1) is 12.9.